The van der Waals surface area contributed by atoms with Gasteiger partial charge in [0.15, 0.2) is 11.5 Å². The van der Waals surface area contributed by atoms with E-state index in [4.69, 9.17) is 14.1 Å². The molecule has 2 amide bonds. The Morgan fingerprint density at radius 1 is 1.06 bits per heavy atom. The number of carbonyl (C=O) groups is 2. The molecule has 1 aliphatic heterocycles. The Morgan fingerprint density at radius 2 is 1.78 bits per heavy atom. The number of fused-ring (bicyclic) bond motifs is 1. The molecule has 0 spiro atoms. The summed E-state index contributed by atoms with van der Waals surface area (Å²) in [6.45, 7) is 3.12. The van der Waals surface area contributed by atoms with Gasteiger partial charge in [-0.25, -0.2) is 9.61 Å². The fraction of sp³-hybridized carbons (Fsp3) is 0.320. The Morgan fingerprint density at radius 3 is 2.53 bits per heavy atom. The molecule has 5 rings (SSSR count). The summed E-state index contributed by atoms with van der Waals surface area (Å²) < 4.78 is 15.4. The molecule has 1 fully saturated rings. The first-order valence-corrected chi connectivity index (χ1v) is 12.4. The van der Waals surface area contributed by atoms with E-state index in [2.05, 4.69) is 20.6 Å². The number of nitrogens with one attached hydrogen (secondary N) is 1. The second-order valence-electron chi connectivity index (χ2n) is 8.58. The van der Waals surface area contributed by atoms with Gasteiger partial charge in [-0.3, -0.25) is 9.59 Å². The number of rotatable bonds is 6. The van der Waals surface area contributed by atoms with Gasteiger partial charge in [0.2, 0.25) is 0 Å². The Balaban J connectivity index is 1.21. The lowest BCUT2D eigenvalue weighted by Crippen LogP contribution is -2.37. The van der Waals surface area contributed by atoms with Gasteiger partial charge in [0.25, 0.3) is 11.8 Å². The van der Waals surface area contributed by atoms with Crippen LogP contribution in [0.4, 0.5) is 5.69 Å². The number of likely N-dealkylation sites (tertiary alicyclic amines) is 1. The van der Waals surface area contributed by atoms with Crippen LogP contribution in [-0.4, -0.2) is 59.3 Å². The van der Waals surface area contributed by atoms with Crippen molar-refractivity contribution in [1.82, 2.24) is 20.2 Å². The zero-order valence-corrected chi connectivity index (χ0v) is 20.9. The number of methoxy groups -OCH3 is 2. The molecule has 0 atom stereocenters. The molecule has 2 aromatic carbocycles. The van der Waals surface area contributed by atoms with Crippen LogP contribution in [0.25, 0.3) is 11.0 Å². The van der Waals surface area contributed by atoms with Crippen LogP contribution in [0.3, 0.4) is 0 Å². The van der Waals surface area contributed by atoms with Gasteiger partial charge in [0.1, 0.15) is 16.7 Å². The van der Waals surface area contributed by atoms with Crippen molar-refractivity contribution in [1.29, 1.82) is 0 Å². The number of nitrogens with zero attached hydrogens (tertiary/aromatic N) is 4. The lowest BCUT2D eigenvalue weighted by molar-refractivity contribution is 0.0713. The zero-order chi connectivity index (χ0) is 25.2. The minimum atomic E-state index is -0.279. The van der Waals surface area contributed by atoms with E-state index < -0.39 is 0 Å². The summed E-state index contributed by atoms with van der Waals surface area (Å²) in [7, 11) is 3.12. The van der Waals surface area contributed by atoms with Crippen LogP contribution in [-0.2, 0) is 0 Å². The highest BCUT2D eigenvalue weighted by molar-refractivity contribution is 7.10. The van der Waals surface area contributed by atoms with Crippen LogP contribution in [0, 0.1) is 6.92 Å². The first-order valence-electron chi connectivity index (χ1n) is 11.5. The van der Waals surface area contributed by atoms with E-state index in [9.17, 15) is 9.59 Å². The molecule has 1 N–H and O–H groups in total. The van der Waals surface area contributed by atoms with Crippen molar-refractivity contribution >= 4 is 39.9 Å². The smallest absolute Gasteiger partial charge is 0.275 e. The molecule has 11 heteroatoms. The van der Waals surface area contributed by atoms with E-state index in [0.717, 1.165) is 23.4 Å². The Hall–Kier alpha value is -3.99. The maximum atomic E-state index is 13.0. The number of aryl methyl sites for hydroxylation is 1. The third-order valence-corrected chi connectivity index (χ3v) is 7.37. The first-order chi connectivity index (χ1) is 17.5. The number of aromatic nitrogens is 3. The highest BCUT2D eigenvalue weighted by Gasteiger charge is 2.27. The summed E-state index contributed by atoms with van der Waals surface area (Å²) in [5.41, 5.74) is 3.61. The molecule has 3 heterocycles. The molecular formula is C25H25N5O5S. The highest BCUT2D eigenvalue weighted by atomic mass is 32.1. The molecule has 0 bridgehead atoms. The summed E-state index contributed by atoms with van der Waals surface area (Å²) in [6.07, 6.45) is 1.56. The van der Waals surface area contributed by atoms with Crippen LogP contribution in [0.1, 0.15) is 50.2 Å². The third kappa shape index (κ3) is 4.61. The van der Waals surface area contributed by atoms with Crippen molar-refractivity contribution in [2.45, 2.75) is 25.7 Å². The second-order valence-corrected chi connectivity index (χ2v) is 9.47. The van der Waals surface area contributed by atoms with Gasteiger partial charge in [0, 0.05) is 41.7 Å². The molecule has 0 saturated carbocycles. The Bertz CT molecular complexity index is 1420. The minimum absolute atomic E-state index is 0.0390. The van der Waals surface area contributed by atoms with Crippen molar-refractivity contribution in [2.24, 2.45) is 0 Å². The molecule has 0 radical (unpaired) electrons. The normalized spacial score (nSPS) is 14.1. The molecule has 4 aromatic rings. The zero-order valence-electron chi connectivity index (χ0n) is 20.1. The molecule has 2 aromatic heterocycles. The van der Waals surface area contributed by atoms with E-state index in [1.807, 2.05) is 17.9 Å². The van der Waals surface area contributed by atoms with Crippen molar-refractivity contribution in [3.63, 3.8) is 0 Å². The lowest BCUT2D eigenvalue weighted by atomic mass is 9.97. The van der Waals surface area contributed by atoms with E-state index >= 15 is 0 Å². The van der Waals surface area contributed by atoms with Gasteiger partial charge >= 0.3 is 0 Å². The summed E-state index contributed by atoms with van der Waals surface area (Å²) in [5.74, 6) is 1.02. The molecule has 1 saturated heterocycles. The van der Waals surface area contributed by atoms with E-state index in [1.165, 1.54) is 11.3 Å². The number of piperidine rings is 1. The van der Waals surface area contributed by atoms with Gasteiger partial charge in [-0.15, -0.1) is 11.3 Å². The van der Waals surface area contributed by atoms with Crippen molar-refractivity contribution < 1.29 is 23.7 Å². The maximum Gasteiger partial charge on any atom is 0.275 e. The number of hydrogen-bond donors (Lipinski definition) is 1. The number of hydrogen-bond acceptors (Lipinski definition) is 9. The standard InChI is InChI=1S/C25H25N5O5S/c1-14-10-21(33-2)22(34-3)12-18(14)26-23(31)20-13-36-24(27-20)15-6-8-30(9-7-15)25(32)16-4-5-17-19(11-16)29-35-28-17/h4-5,10-13,15H,6-9H2,1-3H3,(H,26,31). The fourth-order valence-corrected chi connectivity index (χ4v) is 5.28. The molecule has 0 aliphatic carbocycles. The topological polar surface area (TPSA) is 120 Å². The number of carbonyl (C=O) groups excluding carboxylic acids is 2. The molecule has 36 heavy (non-hydrogen) atoms. The summed E-state index contributed by atoms with van der Waals surface area (Å²) in [4.78, 5) is 32.3. The van der Waals surface area contributed by atoms with Crippen LogP contribution in [0.5, 0.6) is 11.5 Å². The quantitative estimate of drug-likeness (QED) is 0.411. The van der Waals surface area contributed by atoms with Crippen LogP contribution in [0.2, 0.25) is 0 Å². The molecule has 0 unspecified atom stereocenters. The van der Waals surface area contributed by atoms with Gasteiger partial charge < -0.3 is 19.7 Å². The fourth-order valence-electron chi connectivity index (χ4n) is 4.31. The summed E-state index contributed by atoms with van der Waals surface area (Å²) >= 11 is 1.48. The summed E-state index contributed by atoms with van der Waals surface area (Å²) in [6, 6.07) is 8.73. The van der Waals surface area contributed by atoms with Gasteiger partial charge in [0.05, 0.1) is 19.2 Å². The van der Waals surface area contributed by atoms with Crippen molar-refractivity contribution in [3.05, 3.63) is 57.5 Å². The van der Waals surface area contributed by atoms with Crippen molar-refractivity contribution in [3.8, 4) is 11.5 Å². The Labute approximate surface area is 211 Å². The maximum absolute atomic E-state index is 13.0. The number of anilines is 1. The van der Waals surface area contributed by atoms with E-state index in [0.29, 0.717) is 52.6 Å². The van der Waals surface area contributed by atoms with E-state index in [1.54, 1.807) is 43.9 Å². The molecule has 10 nitrogen and oxygen atoms in total. The van der Waals surface area contributed by atoms with Crippen LogP contribution >= 0.6 is 11.3 Å². The second kappa shape index (κ2) is 9.94. The lowest BCUT2D eigenvalue weighted by Gasteiger charge is -2.31. The number of thiazole rings is 1. The van der Waals surface area contributed by atoms with Gasteiger partial charge in [-0.1, -0.05) is 0 Å². The largest absolute Gasteiger partial charge is 0.493 e. The van der Waals surface area contributed by atoms with Gasteiger partial charge in [-0.05, 0) is 59.9 Å². The monoisotopic (exact) mass is 507 g/mol. The Kier molecular flexibility index (Phi) is 6.55. The number of benzene rings is 2. The third-order valence-electron chi connectivity index (χ3n) is 6.37. The van der Waals surface area contributed by atoms with Crippen LogP contribution < -0.4 is 14.8 Å². The summed E-state index contributed by atoms with van der Waals surface area (Å²) in [5, 5.41) is 13.2. The predicted octanol–water partition coefficient (Wildman–Crippen LogP) is 4.28. The van der Waals surface area contributed by atoms with Crippen molar-refractivity contribution in [2.75, 3.05) is 32.6 Å². The highest BCUT2D eigenvalue weighted by Crippen LogP contribution is 2.34. The van der Waals surface area contributed by atoms with Crippen LogP contribution in [0.15, 0.2) is 40.3 Å². The predicted molar refractivity (Wildman–Crippen MR) is 134 cm³/mol. The molecule has 186 valence electrons. The van der Waals surface area contributed by atoms with Gasteiger partial charge in [-0.2, -0.15) is 0 Å². The number of ether oxygens (including phenoxy) is 2. The molecular weight excluding hydrogens is 482 g/mol. The first kappa shape index (κ1) is 23.7. The SMILES string of the molecule is COc1cc(C)c(NC(=O)c2csc(C3CCN(C(=O)c4ccc5nonc5c4)CC3)n2)cc1OC. The average molecular weight is 508 g/mol. The minimum Gasteiger partial charge on any atom is -0.493 e. The van der Waals surface area contributed by atoms with E-state index in [-0.39, 0.29) is 17.7 Å². The molecule has 1 aliphatic rings. The number of amides is 2. The average Bonchev–Trinajstić information content (AvgIpc) is 3.59.